The molecule has 146 valence electrons. The van der Waals surface area contributed by atoms with Gasteiger partial charge in [-0.3, -0.25) is 4.90 Å². The van der Waals surface area contributed by atoms with Crippen LogP contribution in [-0.4, -0.2) is 28.1 Å². The first kappa shape index (κ1) is 18.7. The fourth-order valence-corrected chi connectivity index (χ4v) is 4.15. The molecular weight excluding hydrogens is 353 g/mol. The second kappa shape index (κ2) is 8.15. The third-order valence-electron chi connectivity index (χ3n) is 5.59. The third-order valence-corrected chi connectivity index (χ3v) is 5.59. The van der Waals surface area contributed by atoms with Crippen LogP contribution in [0.4, 0.5) is 4.39 Å². The number of methoxy groups -OCH3 is 1. The summed E-state index contributed by atoms with van der Waals surface area (Å²) in [6.45, 7) is 4.62. The molecule has 1 atom stereocenters. The number of hydrogen-bond donors (Lipinski definition) is 0. The zero-order valence-electron chi connectivity index (χ0n) is 16.4. The quantitative estimate of drug-likeness (QED) is 0.621. The molecule has 0 spiro atoms. The van der Waals surface area contributed by atoms with Gasteiger partial charge in [-0.25, -0.2) is 9.37 Å². The Morgan fingerprint density at radius 3 is 2.82 bits per heavy atom. The number of halogens is 1. The van der Waals surface area contributed by atoms with Crippen LogP contribution in [-0.2, 0) is 13.1 Å². The van der Waals surface area contributed by atoms with Crippen molar-refractivity contribution in [3.63, 3.8) is 0 Å². The first-order valence-corrected chi connectivity index (χ1v) is 9.77. The summed E-state index contributed by atoms with van der Waals surface area (Å²) >= 11 is 0. The fourth-order valence-electron chi connectivity index (χ4n) is 4.15. The van der Waals surface area contributed by atoms with Crippen molar-refractivity contribution in [1.82, 2.24) is 14.5 Å². The Bertz CT molecular complexity index is 953. The third kappa shape index (κ3) is 3.94. The van der Waals surface area contributed by atoms with Gasteiger partial charge in [0.15, 0.2) is 0 Å². The second-order valence-corrected chi connectivity index (χ2v) is 7.43. The van der Waals surface area contributed by atoms with Crippen molar-refractivity contribution >= 4 is 0 Å². The van der Waals surface area contributed by atoms with E-state index in [2.05, 4.69) is 26.6 Å². The van der Waals surface area contributed by atoms with Gasteiger partial charge in [-0.2, -0.15) is 0 Å². The number of nitrogens with zero attached hydrogens (tertiary/aromatic N) is 3. The van der Waals surface area contributed by atoms with Gasteiger partial charge in [0.2, 0.25) is 0 Å². The highest BCUT2D eigenvalue weighted by Crippen LogP contribution is 2.34. The van der Waals surface area contributed by atoms with Crippen LogP contribution >= 0.6 is 0 Å². The Balaban J connectivity index is 1.55. The molecule has 1 saturated heterocycles. The van der Waals surface area contributed by atoms with Crippen LogP contribution in [0.15, 0.2) is 54.9 Å². The molecule has 0 radical (unpaired) electrons. The summed E-state index contributed by atoms with van der Waals surface area (Å²) in [5.41, 5.74) is 3.46. The molecule has 4 rings (SSSR count). The van der Waals surface area contributed by atoms with Gasteiger partial charge in [0, 0.05) is 30.5 Å². The predicted molar refractivity (Wildman–Crippen MR) is 108 cm³/mol. The van der Waals surface area contributed by atoms with Gasteiger partial charge in [-0.15, -0.1) is 0 Å². The average molecular weight is 379 g/mol. The minimum Gasteiger partial charge on any atom is -0.496 e. The highest BCUT2D eigenvalue weighted by atomic mass is 19.1. The maximum atomic E-state index is 13.7. The first-order chi connectivity index (χ1) is 13.6. The van der Waals surface area contributed by atoms with E-state index in [1.54, 1.807) is 19.2 Å². The highest BCUT2D eigenvalue weighted by Gasteiger charge is 2.26. The molecule has 0 amide bonds. The fraction of sp³-hybridized carbons (Fsp3) is 0.348. The van der Waals surface area contributed by atoms with Crippen molar-refractivity contribution in [2.45, 2.75) is 38.9 Å². The van der Waals surface area contributed by atoms with Crippen molar-refractivity contribution in [3.05, 3.63) is 83.2 Å². The molecule has 2 aromatic carbocycles. The summed E-state index contributed by atoms with van der Waals surface area (Å²) in [7, 11) is 1.71. The zero-order valence-corrected chi connectivity index (χ0v) is 16.4. The Morgan fingerprint density at radius 2 is 2.07 bits per heavy atom. The van der Waals surface area contributed by atoms with E-state index in [1.165, 1.54) is 11.6 Å². The van der Waals surface area contributed by atoms with Crippen molar-refractivity contribution in [3.8, 4) is 5.75 Å². The van der Waals surface area contributed by atoms with Gasteiger partial charge in [0.05, 0.1) is 13.7 Å². The van der Waals surface area contributed by atoms with Crippen molar-refractivity contribution in [1.29, 1.82) is 0 Å². The average Bonchev–Trinajstić information content (AvgIpc) is 3.31. The summed E-state index contributed by atoms with van der Waals surface area (Å²) in [5.74, 6) is 1.71. The summed E-state index contributed by atoms with van der Waals surface area (Å²) in [4.78, 5) is 6.76. The minimum atomic E-state index is -0.160. The standard InChI is InChI=1S/C23H26FN3O/c1-17-25-10-12-26(17)16-20-13-18(8-9-23(20)28-2)15-27-11-4-7-22(27)19-5-3-6-21(24)14-19/h3,5-6,8-10,12-14,22H,4,7,11,15-16H2,1-2H3/t22-/m1/s1. The lowest BCUT2D eigenvalue weighted by Crippen LogP contribution is -2.23. The van der Waals surface area contributed by atoms with E-state index in [1.807, 2.05) is 31.5 Å². The van der Waals surface area contributed by atoms with Crippen LogP contribution in [0.2, 0.25) is 0 Å². The maximum absolute atomic E-state index is 13.7. The van der Waals surface area contributed by atoms with Gasteiger partial charge in [0.25, 0.3) is 0 Å². The van der Waals surface area contributed by atoms with Crippen molar-refractivity contribution in [2.24, 2.45) is 0 Å². The summed E-state index contributed by atoms with van der Waals surface area (Å²) in [6, 6.07) is 13.7. The van der Waals surface area contributed by atoms with E-state index in [9.17, 15) is 4.39 Å². The summed E-state index contributed by atoms with van der Waals surface area (Å²) < 4.78 is 21.4. The van der Waals surface area contributed by atoms with Gasteiger partial charge in [0.1, 0.15) is 17.4 Å². The number of ether oxygens (including phenoxy) is 1. The predicted octanol–water partition coefficient (Wildman–Crippen LogP) is 4.72. The lowest BCUT2D eigenvalue weighted by atomic mass is 10.0. The molecule has 3 aromatic rings. The number of imidazole rings is 1. The first-order valence-electron chi connectivity index (χ1n) is 9.77. The molecule has 0 saturated carbocycles. The molecule has 0 unspecified atom stereocenters. The van der Waals surface area contributed by atoms with E-state index >= 15 is 0 Å². The molecule has 0 N–H and O–H groups in total. The number of rotatable bonds is 6. The van der Waals surface area contributed by atoms with Crippen LogP contribution in [0.1, 0.15) is 41.4 Å². The Kier molecular flexibility index (Phi) is 5.44. The van der Waals surface area contributed by atoms with Crippen LogP contribution in [0, 0.1) is 12.7 Å². The Labute approximate surface area is 165 Å². The molecule has 0 bridgehead atoms. The van der Waals surface area contributed by atoms with Gasteiger partial charge < -0.3 is 9.30 Å². The van der Waals surface area contributed by atoms with E-state index in [-0.39, 0.29) is 11.9 Å². The number of aryl methyl sites for hydroxylation is 1. The monoisotopic (exact) mass is 379 g/mol. The molecule has 0 aliphatic carbocycles. The Morgan fingerprint density at radius 1 is 1.18 bits per heavy atom. The SMILES string of the molecule is COc1ccc(CN2CCC[C@@H]2c2cccc(F)c2)cc1Cn1ccnc1C. The number of hydrogen-bond acceptors (Lipinski definition) is 3. The van der Waals surface area contributed by atoms with Crippen LogP contribution in [0.5, 0.6) is 5.75 Å². The van der Waals surface area contributed by atoms with Crippen molar-refractivity contribution < 1.29 is 9.13 Å². The molecule has 2 heterocycles. The second-order valence-electron chi connectivity index (χ2n) is 7.43. The maximum Gasteiger partial charge on any atom is 0.123 e. The largest absolute Gasteiger partial charge is 0.496 e. The minimum absolute atomic E-state index is 0.160. The molecule has 1 aromatic heterocycles. The van der Waals surface area contributed by atoms with Crippen LogP contribution < -0.4 is 4.74 Å². The molecule has 5 heteroatoms. The topological polar surface area (TPSA) is 30.3 Å². The number of likely N-dealkylation sites (tertiary alicyclic amines) is 1. The zero-order chi connectivity index (χ0) is 19.5. The van der Waals surface area contributed by atoms with Gasteiger partial charge in [-0.1, -0.05) is 18.2 Å². The Hall–Kier alpha value is -2.66. The smallest absolute Gasteiger partial charge is 0.123 e. The molecule has 1 fully saturated rings. The molecular formula is C23H26FN3O. The van der Waals surface area contributed by atoms with E-state index < -0.39 is 0 Å². The van der Waals surface area contributed by atoms with Crippen LogP contribution in [0.3, 0.4) is 0 Å². The van der Waals surface area contributed by atoms with Gasteiger partial charge in [-0.05, 0) is 61.7 Å². The van der Waals surface area contributed by atoms with E-state index in [0.717, 1.165) is 55.2 Å². The van der Waals surface area contributed by atoms with E-state index in [4.69, 9.17) is 4.74 Å². The lowest BCUT2D eigenvalue weighted by molar-refractivity contribution is 0.248. The van der Waals surface area contributed by atoms with Gasteiger partial charge >= 0.3 is 0 Å². The van der Waals surface area contributed by atoms with E-state index in [0.29, 0.717) is 0 Å². The molecule has 4 nitrogen and oxygen atoms in total. The molecule has 1 aliphatic heterocycles. The normalized spacial score (nSPS) is 17.2. The van der Waals surface area contributed by atoms with Crippen molar-refractivity contribution in [2.75, 3.05) is 13.7 Å². The lowest BCUT2D eigenvalue weighted by Gasteiger charge is -2.25. The molecule has 28 heavy (non-hydrogen) atoms. The molecule has 1 aliphatic rings. The van der Waals surface area contributed by atoms with Crippen LogP contribution in [0.25, 0.3) is 0 Å². The number of benzene rings is 2. The summed E-state index contributed by atoms with van der Waals surface area (Å²) in [6.07, 6.45) is 6.01. The number of aromatic nitrogens is 2. The highest BCUT2D eigenvalue weighted by molar-refractivity contribution is 5.38. The summed E-state index contributed by atoms with van der Waals surface area (Å²) in [5, 5.41) is 0.